The number of nitrogen functional groups attached to an aromatic ring is 1. The molecule has 0 aliphatic rings. The fraction of sp³-hybridized carbons (Fsp3) is 0.143. The Labute approximate surface area is 103 Å². The van der Waals surface area contributed by atoms with Crippen LogP contribution in [-0.2, 0) is 6.18 Å². The van der Waals surface area contributed by atoms with Crippen molar-refractivity contribution in [1.82, 2.24) is 0 Å². The average Bonchev–Trinajstić information content (AvgIpc) is 2.28. The molecule has 4 heteroatoms. The Bertz CT molecular complexity index is 556. The van der Waals surface area contributed by atoms with Gasteiger partial charge in [-0.1, -0.05) is 24.3 Å². The summed E-state index contributed by atoms with van der Waals surface area (Å²) in [6.45, 7) is 1.91. The van der Waals surface area contributed by atoms with Crippen LogP contribution in [-0.4, -0.2) is 0 Å². The van der Waals surface area contributed by atoms with Gasteiger partial charge >= 0.3 is 6.18 Å². The van der Waals surface area contributed by atoms with E-state index in [1.165, 1.54) is 12.1 Å². The molecule has 0 fully saturated rings. The van der Waals surface area contributed by atoms with Crippen molar-refractivity contribution in [2.45, 2.75) is 13.1 Å². The topological polar surface area (TPSA) is 26.0 Å². The van der Waals surface area contributed by atoms with Crippen molar-refractivity contribution in [1.29, 1.82) is 0 Å². The molecule has 0 amide bonds. The number of benzene rings is 2. The largest absolute Gasteiger partial charge is 0.416 e. The molecule has 2 aromatic rings. The van der Waals surface area contributed by atoms with E-state index in [2.05, 4.69) is 0 Å². The van der Waals surface area contributed by atoms with Crippen LogP contribution in [0, 0.1) is 6.92 Å². The Morgan fingerprint density at radius 2 is 1.56 bits per heavy atom. The second kappa shape index (κ2) is 4.37. The molecule has 0 spiro atoms. The predicted molar refractivity (Wildman–Crippen MR) is 66.0 cm³/mol. The Morgan fingerprint density at radius 3 is 2.06 bits per heavy atom. The number of hydrogen-bond acceptors (Lipinski definition) is 1. The van der Waals surface area contributed by atoms with E-state index < -0.39 is 11.7 Å². The third-order valence-corrected chi connectivity index (χ3v) is 2.73. The third-order valence-electron chi connectivity index (χ3n) is 2.73. The summed E-state index contributed by atoms with van der Waals surface area (Å²) in [4.78, 5) is 0. The Hall–Kier alpha value is -1.97. The van der Waals surface area contributed by atoms with Crippen molar-refractivity contribution in [2.75, 3.05) is 5.73 Å². The molecule has 0 saturated carbocycles. The molecule has 0 aliphatic heterocycles. The lowest BCUT2D eigenvalue weighted by molar-refractivity contribution is -0.137. The van der Waals surface area contributed by atoms with E-state index in [0.717, 1.165) is 23.3 Å². The molecule has 18 heavy (non-hydrogen) atoms. The highest BCUT2D eigenvalue weighted by atomic mass is 19.4. The maximum atomic E-state index is 12.4. The van der Waals surface area contributed by atoms with Gasteiger partial charge in [0.2, 0.25) is 0 Å². The Morgan fingerprint density at radius 1 is 0.944 bits per heavy atom. The van der Waals surface area contributed by atoms with E-state index in [1.807, 2.05) is 19.1 Å². The number of hydrogen-bond donors (Lipinski definition) is 1. The zero-order chi connectivity index (χ0) is 13.3. The van der Waals surface area contributed by atoms with Crippen LogP contribution in [0.25, 0.3) is 11.1 Å². The molecule has 0 atom stereocenters. The molecule has 94 valence electrons. The lowest BCUT2D eigenvalue weighted by Crippen LogP contribution is -2.04. The molecule has 0 radical (unpaired) electrons. The van der Waals surface area contributed by atoms with Gasteiger partial charge in [-0.2, -0.15) is 13.2 Å². The lowest BCUT2D eigenvalue weighted by atomic mass is 10.0. The Kier molecular flexibility index (Phi) is 3.03. The monoisotopic (exact) mass is 251 g/mol. The smallest absolute Gasteiger partial charge is 0.398 e. The summed E-state index contributed by atoms with van der Waals surface area (Å²) in [5.74, 6) is 0. The van der Waals surface area contributed by atoms with Crippen LogP contribution in [0.1, 0.15) is 11.1 Å². The minimum atomic E-state index is -4.31. The number of nitrogens with two attached hydrogens (primary N) is 1. The van der Waals surface area contributed by atoms with Crippen molar-refractivity contribution in [3.05, 3.63) is 53.6 Å². The number of rotatable bonds is 1. The first-order valence-corrected chi connectivity index (χ1v) is 5.42. The molecule has 0 saturated heterocycles. The normalized spacial score (nSPS) is 11.6. The van der Waals surface area contributed by atoms with Crippen LogP contribution in [0.2, 0.25) is 0 Å². The molecular weight excluding hydrogens is 239 g/mol. The first kappa shape index (κ1) is 12.5. The fourth-order valence-corrected chi connectivity index (χ4v) is 1.78. The quantitative estimate of drug-likeness (QED) is 0.753. The minimum absolute atomic E-state index is 0.565. The Balaban J connectivity index is 2.41. The van der Waals surface area contributed by atoms with Gasteiger partial charge in [0.15, 0.2) is 0 Å². The van der Waals surface area contributed by atoms with Crippen molar-refractivity contribution >= 4 is 5.69 Å². The summed E-state index contributed by atoms with van der Waals surface area (Å²) in [7, 11) is 0. The van der Waals surface area contributed by atoms with Gasteiger partial charge in [0.1, 0.15) is 0 Å². The van der Waals surface area contributed by atoms with Gasteiger partial charge in [0.05, 0.1) is 5.56 Å². The number of alkyl halides is 3. The first-order chi connectivity index (χ1) is 8.38. The highest BCUT2D eigenvalue weighted by Gasteiger charge is 2.29. The van der Waals surface area contributed by atoms with Crippen molar-refractivity contribution in [3.8, 4) is 11.1 Å². The van der Waals surface area contributed by atoms with Gasteiger partial charge in [-0.15, -0.1) is 0 Å². The van der Waals surface area contributed by atoms with Crippen molar-refractivity contribution < 1.29 is 13.2 Å². The van der Waals surface area contributed by atoms with E-state index in [1.54, 1.807) is 6.07 Å². The maximum absolute atomic E-state index is 12.4. The molecule has 0 aliphatic carbocycles. The van der Waals surface area contributed by atoms with Crippen LogP contribution in [0.5, 0.6) is 0 Å². The van der Waals surface area contributed by atoms with Crippen LogP contribution >= 0.6 is 0 Å². The zero-order valence-corrected chi connectivity index (χ0v) is 9.75. The highest BCUT2D eigenvalue weighted by molar-refractivity contribution is 5.76. The van der Waals surface area contributed by atoms with Crippen LogP contribution in [0.3, 0.4) is 0 Å². The van der Waals surface area contributed by atoms with Gasteiger partial charge in [0.25, 0.3) is 0 Å². The number of anilines is 1. The van der Waals surface area contributed by atoms with Gasteiger partial charge in [-0.05, 0) is 36.2 Å². The lowest BCUT2D eigenvalue weighted by Gasteiger charge is -2.09. The minimum Gasteiger partial charge on any atom is -0.398 e. The van der Waals surface area contributed by atoms with E-state index in [-0.39, 0.29) is 0 Å². The molecule has 2 N–H and O–H groups in total. The first-order valence-electron chi connectivity index (χ1n) is 5.42. The summed E-state index contributed by atoms with van der Waals surface area (Å²) < 4.78 is 37.3. The van der Waals surface area contributed by atoms with Gasteiger partial charge in [-0.25, -0.2) is 0 Å². The average molecular weight is 251 g/mol. The highest BCUT2D eigenvalue weighted by Crippen LogP contribution is 2.32. The van der Waals surface area contributed by atoms with Gasteiger partial charge < -0.3 is 5.73 Å². The molecule has 2 rings (SSSR count). The van der Waals surface area contributed by atoms with Crippen LogP contribution < -0.4 is 5.73 Å². The van der Waals surface area contributed by atoms with E-state index in [9.17, 15) is 13.2 Å². The summed E-state index contributed by atoms with van der Waals surface area (Å²) in [5.41, 5.74) is 8.21. The second-order valence-corrected chi connectivity index (χ2v) is 4.17. The van der Waals surface area contributed by atoms with Crippen molar-refractivity contribution in [3.63, 3.8) is 0 Å². The van der Waals surface area contributed by atoms with E-state index >= 15 is 0 Å². The fourth-order valence-electron chi connectivity index (χ4n) is 1.78. The second-order valence-electron chi connectivity index (χ2n) is 4.17. The predicted octanol–water partition coefficient (Wildman–Crippen LogP) is 4.26. The summed E-state index contributed by atoms with van der Waals surface area (Å²) >= 11 is 0. The molecule has 2 aromatic carbocycles. The molecule has 0 bridgehead atoms. The SMILES string of the molecule is Cc1ccc(-c2ccc(C(F)(F)F)cc2)c(N)c1. The summed E-state index contributed by atoms with van der Waals surface area (Å²) in [6, 6.07) is 10.5. The van der Waals surface area contributed by atoms with Gasteiger partial charge in [-0.3, -0.25) is 0 Å². The maximum Gasteiger partial charge on any atom is 0.416 e. The third kappa shape index (κ3) is 2.47. The zero-order valence-electron chi connectivity index (χ0n) is 9.75. The number of aryl methyl sites for hydroxylation is 1. The molecule has 0 heterocycles. The molecular formula is C14H12F3N. The van der Waals surface area contributed by atoms with Crippen LogP contribution in [0.15, 0.2) is 42.5 Å². The van der Waals surface area contributed by atoms with E-state index in [0.29, 0.717) is 11.3 Å². The summed E-state index contributed by atoms with van der Waals surface area (Å²) in [6.07, 6.45) is -4.31. The standard InChI is InChI=1S/C14H12F3N/c1-9-2-7-12(13(18)8-9)10-3-5-11(6-4-10)14(15,16)17/h2-8H,18H2,1H3. The summed E-state index contributed by atoms with van der Waals surface area (Å²) in [5, 5.41) is 0. The van der Waals surface area contributed by atoms with Crippen molar-refractivity contribution in [2.24, 2.45) is 0 Å². The van der Waals surface area contributed by atoms with Crippen LogP contribution in [0.4, 0.5) is 18.9 Å². The molecule has 1 nitrogen and oxygen atoms in total. The molecule has 0 unspecified atom stereocenters. The number of halogens is 3. The molecule has 0 aromatic heterocycles. The van der Waals surface area contributed by atoms with E-state index in [4.69, 9.17) is 5.73 Å². The van der Waals surface area contributed by atoms with Gasteiger partial charge in [0, 0.05) is 11.3 Å².